The van der Waals surface area contributed by atoms with Crippen LogP contribution >= 0.6 is 97.1 Å². The van der Waals surface area contributed by atoms with Crippen molar-refractivity contribution in [2.24, 2.45) is 69.0 Å². The molecule has 0 bridgehead atoms. The lowest BCUT2D eigenvalue weighted by atomic mass is 9.95. The number of benzene rings is 11. The van der Waals surface area contributed by atoms with Gasteiger partial charge in [-0.15, -0.1) is 0 Å². The van der Waals surface area contributed by atoms with Crippen LogP contribution < -0.4 is 23.7 Å². The van der Waals surface area contributed by atoms with Crippen LogP contribution in [-0.2, 0) is 59.7 Å². The van der Waals surface area contributed by atoms with Crippen LogP contribution in [0.2, 0.25) is 0 Å². The van der Waals surface area contributed by atoms with Gasteiger partial charge in [-0.05, 0) is 208 Å². The minimum Gasteiger partial charge on any atom is -0.494 e. The Kier molecular flexibility index (Phi) is 37.3. The van der Waals surface area contributed by atoms with Gasteiger partial charge in [0.15, 0.2) is 11.6 Å². The van der Waals surface area contributed by atoms with E-state index in [1.54, 1.807) is 147 Å². The second-order valence-electron chi connectivity index (χ2n) is 37.5. The van der Waals surface area contributed by atoms with Crippen molar-refractivity contribution in [2.75, 3.05) is 6.61 Å². The summed E-state index contributed by atoms with van der Waals surface area (Å²) in [6, 6.07) is 92.2. The SMILES string of the molecule is CC(Br)C1C(C(=O)OC(C#N)c2cccc(Oc3ccccc3)c2)C1(C)C.CC1(C)C(C=C(Cl)Cl)C1C(=O)OC(C#N)c1ccc(F)c(Oc2ccccc2)c1.CC1(C)C(C=C(Cl)Cl)C1C(=O)OC(C#N)c1cccc(Oc2ccccc2)c1.CCOc1ccc(C2(C(=O)OC(C#N)c3cccc(Oc4ccccc4)c3)CC2(Cl)Cl)cc1.Cc1c(COC(=O)C2C(/C=C(\Cl)C(F)(F)F)C2(C)C)cccc1-c1ccccc1. The van der Waals surface area contributed by atoms with Crippen LogP contribution in [0.1, 0.15) is 139 Å². The standard InChI is InChI=1S/C26H21Cl2NO4.C23H22ClF3O2.C22H22BrNO3.C22H18Cl2FNO3.C22H19Cl2NO3/c1-2-31-20-13-11-19(12-14-20)25(17-26(25,27)28)24(30)33-23(16-29)18-7-6-10-22(15-18)32-21-8-4-3-5-9-21;1-14-16(10-7-11-17(14)15-8-5-4-6-9-15)13-29-21(28)20-18(22(20,2)3)12-19(24)23(25,26)27;1-14(23)19-20(22(19,2)3)21(25)27-18(13-24)15-8-7-11-17(12-15)26-16-9-5-4-6-10-16;1-22(2)15(11-19(23)24)20(22)21(27)29-18(12-26)13-8-9-16(25)17(10-13)28-14-6-4-3-5-7-14;1-22(2)17(12-19(23)24)20(22)21(26)28-18(13-25)14-7-6-10-16(11-14)27-15-8-4-3-5-9-15/h3-15,23H,2,17H2,1H3;4-12,18,20H,13H2,1-3H3;4-12,14,18-20H,1-3H3;3-11,15,18,20H,1-2H3;3-12,17-18,20H,1-2H3/b;19-12-;;;. The van der Waals surface area contributed by atoms with Crippen molar-refractivity contribution in [3.8, 4) is 87.1 Å². The molecule has 0 aliphatic heterocycles. The molecule has 11 aromatic rings. The van der Waals surface area contributed by atoms with Crippen LogP contribution in [0, 0.1) is 127 Å². The van der Waals surface area contributed by atoms with E-state index >= 15 is 0 Å². The molecule has 0 saturated heterocycles. The summed E-state index contributed by atoms with van der Waals surface area (Å²) in [6.07, 6.45) is -4.59. The highest BCUT2D eigenvalue weighted by Crippen LogP contribution is 2.67. The van der Waals surface area contributed by atoms with Gasteiger partial charge in [0.2, 0.25) is 24.4 Å². The summed E-state index contributed by atoms with van der Waals surface area (Å²) in [5.41, 5.74) is 3.82. The third-order valence-electron chi connectivity index (χ3n) is 26.3. The lowest BCUT2D eigenvalue weighted by Gasteiger charge is -2.20. The number of ether oxygens (including phenoxy) is 10. The van der Waals surface area contributed by atoms with Crippen LogP contribution in [0.15, 0.2) is 317 Å². The number of hydrogen-bond acceptors (Lipinski definition) is 19. The second kappa shape index (κ2) is 48.7. The molecule has 0 spiro atoms. The van der Waals surface area contributed by atoms with E-state index in [4.69, 9.17) is 129 Å². The number of esters is 5. The summed E-state index contributed by atoms with van der Waals surface area (Å²) >= 11 is 44.6. The second-order valence-corrected chi connectivity index (χ2v) is 42.9. The van der Waals surface area contributed by atoms with Gasteiger partial charge in [-0.2, -0.15) is 34.2 Å². The average molecular weight is 2180 g/mol. The number of alkyl halides is 6. The molecule has 0 amide bonds. The highest BCUT2D eigenvalue weighted by Gasteiger charge is 2.74. The fourth-order valence-electron chi connectivity index (χ4n) is 17.7. The lowest BCUT2D eigenvalue weighted by molar-refractivity contribution is -0.151. The maximum absolute atomic E-state index is 14.2. The van der Waals surface area contributed by atoms with Gasteiger partial charge >= 0.3 is 36.0 Å². The molecule has 5 saturated carbocycles. The molecule has 5 fully saturated rings. The van der Waals surface area contributed by atoms with Gasteiger partial charge < -0.3 is 47.4 Å². The minimum atomic E-state index is -4.61. The number of nitriles is 4. The normalized spacial score (nSPS) is 20.5. The van der Waals surface area contributed by atoms with E-state index in [1.807, 2.05) is 212 Å². The Bertz CT molecular complexity index is 6750. The molecule has 756 valence electrons. The number of carbonyl (C=O) groups excluding carboxylic acids is 5. The summed E-state index contributed by atoms with van der Waals surface area (Å²) in [5, 5.41) is 37.1. The molecule has 5 aliphatic rings. The zero-order valence-corrected chi connectivity index (χ0v) is 87.8. The first kappa shape index (κ1) is 112. The zero-order valence-electron chi connectivity index (χ0n) is 80.9. The summed E-state index contributed by atoms with van der Waals surface area (Å²) in [4.78, 5) is 63.9. The third-order valence-corrected chi connectivity index (χ3v) is 28.6. The summed E-state index contributed by atoms with van der Waals surface area (Å²) < 4.78 is 107. The average Bonchev–Trinajstić information content (AvgIpc) is 1.52. The van der Waals surface area contributed by atoms with Crippen molar-refractivity contribution < 1.29 is 88.9 Å². The van der Waals surface area contributed by atoms with E-state index < -0.39 is 98.2 Å². The van der Waals surface area contributed by atoms with E-state index in [2.05, 4.69) is 35.8 Å². The Hall–Kier alpha value is -12.8. The molecule has 0 aromatic heterocycles. The molecule has 11 aromatic carbocycles. The van der Waals surface area contributed by atoms with Gasteiger partial charge in [0.25, 0.3) is 0 Å². The fraction of sp³-hybridized carbons (Fsp3) is 0.296. The Morgan fingerprint density at radius 2 is 0.788 bits per heavy atom. The summed E-state index contributed by atoms with van der Waals surface area (Å²) in [5.74, 6) is -0.677. The van der Waals surface area contributed by atoms with Crippen molar-refractivity contribution >= 4 is 127 Å². The van der Waals surface area contributed by atoms with Gasteiger partial charge in [-0.1, -0.05) is 341 Å². The molecule has 14 unspecified atom stereocenters. The van der Waals surface area contributed by atoms with Crippen molar-refractivity contribution in [3.05, 3.63) is 362 Å². The highest BCUT2D eigenvalue weighted by molar-refractivity contribution is 9.09. The van der Waals surface area contributed by atoms with E-state index in [-0.39, 0.29) is 84.4 Å². The smallest absolute Gasteiger partial charge is 0.426 e. The maximum Gasteiger partial charge on any atom is 0.426 e. The van der Waals surface area contributed by atoms with Gasteiger partial charge in [-0.25, -0.2) is 4.39 Å². The molecule has 146 heavy (non-hydrogen) atoms. The lowest BCUT2D eigenvalue weighted by Crippen LogP contribution is -2.30. The van der Waals surface area contributed by atoms with Gasteiger partial charge in [0, 0.05) is 33.5 Å². The third kappa shape index (κ3) is 28.1. The predicted octanol–water partition coefficient (Wildman–Crippen LogP) is 31.3. The molecule has 19 nitrogen and oxygen atoms in total. The molecule has 16 rings (SSSR count). The first-order valence-electron chi connectivity index (χ1n) is 46.3. The molecular formula is C115H102BrCl7F4N4O15. The van der Waals surface area contributed by atoms with E-state index in [0.29, 0.717) is 80.4 Å². The topological polar surface area (TPSA) is 273 Å². The summed E-state index contributed by atoms with van der Waals surface area (Å²) in [6.45, 7) is 21.7. The van der Waals surface area contributed by atoms with Crippen LogP contribution in [0.4, 0.5) is 17.6 Å². The summed E-state index contributed by atoms with van der Waals surface area (Å²) in [7, 11) is 0. The zero-order chi connectivity index (χ0) is 106. The van der Waals surface area contributed by atoms with Gasteiger partial charge in [-0.3, -0.25) is 24.0 Å². The Balaban J connectivity index is 0.000000163. The van der Waals surface area contributed by atoms with Crippen LogP contribution in [-0.4, -0.2) is 51.8 Å². The highest BCUT2D eigenvalue weighted by atomic mass is 79.9. The number of hydrogen-bond donors (Lipinski definition) is 0. The van der Waals surface area contributed by atoms with E-state index in [1.165, 1.54) is 18.2 Å². The van der Waals surface area contributed by atoms with Crippen LogP contribution in [0.25, 0.3) is 11.1 Å². The van der Waals surface area contributed by atoms with Crippen molar-refractivity contribution in [2.45, 2.75) is 134 Å². The molecule has 5 aliphatic carbocycles. The first-order valence-corrected chi connectivity index (χ1v) is 49.9. The largest absolute Gasteiger partial charge is 0.494 e. The Labute approximate surface area is 889 Å². The fourth-order valence-corrected chi connectivity index (χ4v) is 20.1. The number of nitrogens with zero attached hydrogens (tertiary/aromatic N) is 4. The number of rotatable bonds is 31. The Morgan fingerprint density at radius 3 is 1.16 bits per heavy atom. The van der Waals surface area contributed by atoms with E-state index in [9.17, 15) is 62.6 Å². The van der Waals surface area contributed by atoms with Crippen LogP contribution in [0.3, 0.4) is 0 Å². The molecular weight excluding hydrogens is 2080 g/mol. The number of carbonyl (C=O) groups is 5. The quantitative estimate of drug-likeness (QED) is 0.0169. The van der Waals surface area contributed by atoms with Gasteiger partial charge in [0.1, 0.15) is 101 Å². The van der Waals surface area contributed by atoms with E-state index in [0.717, 1.165) is 28.3 Å². The number of para-hydroxylation sites is 4. The molecule has 0 N–H and O–H groups in total. The van der Waals surface area contributed by atoms with Crippen molar-refractivity contribution in [3.63, 3.8) is 0 Å². The minimum absolute atomic E-state index is 0.0634. The predicted molar refractivity (Wildman–Crippen MR) is 555 cm³/mol. The maximum atomic E-state index is 14.2. The number of allylic oxidation sites excluding steroid dienone is 4. The molecule has 0 radical (unpaired) electrons. The van der Waals surface area contributed by atoms with Crippen LogP contribution in [0.5, 0.6) is 51.7 Å². The molecule has 14 atom stereocenters. The van der Waals surface area contributed by atoms with Crippen molar-refractivity contribution in [1.82, 2.24) is 0 Å². The first-order chi connectivity index (χ1) is 69.3. The monoisotopic (exact) mass is 2180 g/mol. The number of halogens is 12. The van der Waals surface area contributed by atoms with Gasteiger partial charge in [0.05, 0.1) is 30.3 Å². The molecule has 31 heteroatoms. The Morgan fingerprint density at radius 1 is 0.432 bits per heavy atom. The molecule has 0 heterocycles. The van der Waals surface area contributed by atoms with Crippen molar-refractivity contribution in [1.29, 1.82) is 21.0 Å².